The Morgan fingerprint density at radius 1 is 0.919 bits per heavy atom. The number of carbonyl (C=O) groups is 9. The molecule has 14 N–H and O–H groups in total. The predicted octanol–water partition coefficient (Wildman–Crippen LogP) is -3.84. The maximum Gasteiger partial charge on any atom is 0.248 e. The molecule has 3 aliphatic heterocycles. The van der Waals surface area contributed by atoms with Crippen LogP contribution in [0.4, 0.5) is 0 Å². The number of benzene rings is 1. The Hall–Kier alpha value is -5.90. The molecule has 0 spiro atoms. The first-order chi connectivity index (χ1) is 35.2. The second-order valence-corrected chi connectivity index (χ2v) is 20.7. The molecule has 3 aliphatic rings. The summed E-state index contributed by atoms with van der Waals surface area (Å²) in [7, 11) is 1.45. The quantitative estimate of drug-likeness (QED) is 0.0410. The van der Waals surface area contributed by atoms with Gasteiger partial charge >= 0.3 is 0 Å². The number of aromatic nitrogens is 1. The molecular weight excluding hydrogens is 987 g/mol. The standard InChI is InChI=1S/C48H73N11O14S/c1-5-26(2)40-44(69)52-20-38(65)53-34-24-74(72)47-31(30-13-12-29(73-4)16-35(30)58(47)15-11-9-7-6-8-10-14-49)17-32(42(67)51-21-39(66)56-40)54-45(70)41(27(3)36(63)23-60)57-48(25-61)19-28(62)22-59(48)46(71)33(18-37(50)64)55-43(34)68/h12-13,16,25-28,32-34,36,40-41,57,60,62-63H,5-11,14-15,17-24,49H2,1-4H3,(H2,50,64)(H,51,67)(H,52,69)(H,53,65)(H,54,70)(H,55,68)(H,56,66)/t26-,27-,28+,32?,33-,34?,36-,40-,41-,48-,74+/m0/s1. The van der Waals surface area contributed by atoms with Crippen LogP contribution in [0.3, 0.4) is 0 Å². The van der Waals surface area contributed by atoms with Gasteiger partial charge in [0.15, 0.2) is 18.0 Å². The molecule has 1 saturated heterocycles. The van der Waals surface area contributed by atoms with Gasteiger partial charge in [-0.05, 0) is 37.4 Å². The van der Waals surface area contributed by atoms with Crippen LogP contribution >= 0.6 is 0 Å². The first-order valence-corrected chi connectivity index (χ1v) is 26.4. The van der Waals surface area contributed by atoms with Gasteiger partial charge in [0.05, 0.1) is 57.0 Å². The number of aliphatic hydroxyl groups is 3. The first-order valence-electron chi connectivity index (χ1n) is 25.1. The molecule has 4 heterocycles. The molecule has 0 radical (unpaired) electrons. The maximum absolute atomic E-state index is 15.5. The third-order valence-corrected chi connectivity index (χ3v) is 15.5. The zero-order chi connectivity index (χ0) is 54.4. The van der Waals surface area contributed by atoms with Gasteiger partial charge in [0.1, 0.15) is 29.6 Å². The van der Waals surface area contributed by atoms with Crippen LogP contribution in [0.15, 0.2) is 23.2 Å². The minimum absolute atomic E-state index is 0.0569. The number of ether oxygens (including phenoxy) is 1. The van der Waals surface area contributed by atoms with Gasteiger partial charge in [-0.3, -0.25) is 48.5 Å². The summed E-state index contributed by atoms with van der Waals surface area (Å²) in [4.78, 5) is 127. The Kier molecular flexibility index (Phi) is 21.6. The summed E-state index contributed by atoms with van der Waals surface area (Å²) in [5.41, 5.74) is 9.68. The van der Waals surface area contributed by atoms with Crippen molar-refractivity contribution in [3.05, 3.63) is 23.8 Å². The summed E-state index contributed by atoms with van der Waals surface area (Å²) in [6.45, 7) is 2.52. The van der Waals surface area contributed by atoms with Crippen LogP contribution in [-0.4, -0.2) is 177 Å². The van der Waals surface area contributed by atoms with Gasteiger partial charge in [-0.25, -0.2) is 0 Å². The number of carbonyl (C=O) groups excluding carboxylic acids is 9. The number of aldehydes is 1. The number of nitrogens with two attached hydrogens (primary N) is 2. The second kappa shape index (κ2) is 27.1. The third-order valence-electron chi connectivity index (χ3n) is 14.0. The summed E-state index contributed by atoms with van der Waals surface area (Å²) in [6.07, 6.45) is 0.274. The van der Waals surface area contributed by atoms with Crippen LogP contribution in [0, 0.1) is 11.8 Å². The molecule has 25 nitrogen and oxygen atoms in total. The Balaban J connectivity index is 1.82. The summed E-state index contributed by atoms with van der Waals surface area (Å²) < 4.78 is 22.8. The topological polar surface area (TPSA) is 391 Å². The number of rotatable bonds is 17. The van der Waals surface area contributed by atoms with E-state index in [1.807, 2.05) is 0 Å². The van der Waals surface area contributed by atoms with Crippen LogP contribution < -0.4 is 53.4 Å². The van der Waals surface area contributed by atoms with Gasteiger partial charge in [0, 0.05) is 60.0 Å². The van der Waals surface area contributed by atoms with Gasteiger partial charge in [0.25, 0.3) is 0 Å². The Morgan fingerprint density at radius 2 is 1.58 bits per heavy atom. The molecule has 2 bridgehead atoms. The summed E-state index contributed by atoms with van der Waals surface area (Å²) in [5.74, 6) is -10.3. The highest BCUT2D eigenvalue weighted by atomic mass is 32.2. The molecule has 8 amide bonds. The number of aryl methyl sites for hydroxylation is 1. The van der Waals surface area contributed by atoms with Crippen molar-refractivity contribution in [2.75, 3.05) is 45.6 Å². The largest absolute Gasteiger partial charge is 0.610 e. The van der Waals surface area contributed by atoms with E-state index in [0.29, 0.717) is 36.0 Å². The monoisotopic (exact) mass is 1060 g/mol. The fourth-order valence-electron chi connectivity index (χ4n) is 9.57. The summed E-state index contributed by atoms with van der Waals surface area (Å²) in [5, 5.41) is 50.8. The number of nitrogens with one attached hydrogen (secondary N) is 7. The lowest BCUT2D eigenvalue weighted by atomic mass is 9.92. The molecular formula is C48H73N11O14S. The minimum atomic E-state index is -2.36. The van der Waals surface area contributed by atoms with E-state index in [2.05, 4.69) is 37.2 Å². The second-order valence-electron chi connectivity index (χ2n) is 19.3. The molecule has 1 fully saturated rings. The zero-order valence-corrected chi connectivity index (χ0v) is 43.1. The van der Waals surface area contributed by atoms with E-state index in [9.17, 15) is 53.7 Å². The van der Waals surface area contributed by atoms with E-state index in [0.717, 1.165) is 37.0 Å². The summed E-state index contributed by atoms with van der Waals surface area (Å²) in [6, 6.07) is -3.49. The molecule has 26 heteroatoms. The number of methoxy groups -OCH3 is 1. The van der Waals surface area contributed by atoms with Crippen molar-refractivity contribution in [3.8, 4) is 5.75 Å². The van der Waals surface area contributed by atoms with Crippen LogP contribution in [0.2, 0.25) is 0 Å². The van der Waals surface area contributed by atoms with E-state index in [4.69, 9.17) is 16.2 Å². The van der Waals surface area contributed by atoms with E-state index in [-0.39, 0.29) is 23.4 Å². The predicted molar refractivity (Wildman–Crippen MR) is 268 cm³/mol. The highest BCUT2D eigenvalue weighted by molar-refractivity contribution is 7.91. The van der Waals surface area contributed by atoms with Crippen LogP contribution in [0.25, 0.3) is 10.9 Å². The van der Waals surface area contributed by atoms with E-state index >= 15 is 9.35 Å². The number of hydrogen-bond donors (Lipinski definition) is 12. The fraction of sp³-hybridized carbons (Fsp3) is 0.646. The molecule has 11 atom stereocenters. The highest BCUT2D eigenvalue weighted by Gasteiger charge is 2.53. The van der Waals surface area contributed by atoms with Crippen molar-refractivity contribution in [2.45, 2.75) is 145 Å². The Morgan fingerprint density at radius 3 is 2.22 bits per heavy atom. The van der Waals surface area contributed by atoms with Gasteiger partial charge in [-0.2, -0.15) is 0 Å². The molecule has 2 unspecified atom stereocenters. The van der Waals surface area contributed by atoms with Crippen molar-refractivity contribution in [2.24, 2.45) is 23.3 Å². The van der Waals surface area contributed by atoms with Gasteiger partial charge < -0.3 is 77.4 Å². The summed E-state index contributed by atoms with van der Waals surface area (Å²) >= 11 is -2.36. The zero-order valence-electron chi connectivity index (χ0n) is 42.3. The number of aliphatic hydroxyl groups excluding tert-OH is 3. The van der Waals surface area contributed by atoms with Crippen LogP contribution in [0.1, 0.15) is 84.1 Å². The number of unbranched alkanes of at least 4 members (excludes halogenated alkanes) is 5. The van der Waals surface area contributed by atoms with E-state index in [1.54, 1.807) is 36.6 Å². The molecule has 74 heavy (non-hydrogen) atoms. The van der Waals surface area contributed by atoms with Gasteiger partial charge in [0.2, 0.25) is 52.3 Å². The normalized spacial score (nSPS) is 27.1. The van der Waals surface area contributed by atoms with Gasteiger partial charge in [-0.1, -0.05) is 52.9 Å². The third kappa shape index (κ3) is 14.5. The molecule has 410 valence electrons. The van der Waals surface area contributed by atoms with Crippen LogP contribution in [0.5, 0.6) is 5.75 Å². The molecule has 0 aliphatic carbocycles. The van der Waals surface area contributed by atoms with Crippen molar-refractivity contribution in [1.82, 2.24) is 46.7 Å². The lowest BCUT2D eigenvalue weighted by molar-refractivity contribution is -0.147. The molecule has 0 saturated carbocycles. The van der Waals surface area contributed by atoms with E-state index in [1.165, 1.54) is 14.0 Å². The smallest absolute Gasteiger partial charge is 0.248 e. The van der Waals surface area contributed by atoms with Gasteiger partial charge in [-0.15, -0.1) is 0 Å². The van der Waals surface area contributed by atoms with Crippen molar-refractivity contribution < 1.29 is 67.8 Å². The van der Waals surface area contributed by atoms with E-state index < -0.39 is 170 Å². The molecule has 1 aromatic heterocycles. The fourth-order valence-corrected chi connectivity index (χ4v) is 11.2. The Labute approximate surface area is 431 Å². The van der Waals surface area contributed by atoms with Crippen molar-refractivity contribution in [1.29, 1.82) is 0 Å². The number of primary amides is 1. The number of fused-ring (bicyclic) bond motifs is 5. The molecule has 1 aromatic carbocycles. The highest BCUT2D eigenvalue weighted by Crippen LogP contribution is 2.36. The molecule has 5 rings (SSSR count). The lowest BCUT2D eigenvalue weighted by Gasteiger charge is -2.40. The number of nitrogens with zero attached hydrogens (tertiary/aromatic N) is 2. The first kappa shape index (κ1) is 59.0. The van der Waals surface area contributed by atoms with Crippen molar-refractivity contribution >= 4 is 75.6 Å². The average molecular weight is 1060 g/mol. The SMILES string of the molecule is CC[C@H](C)[C@@H]1NC(=O)CNC(=O)C2Cc3c(n(CCCCCCCCN)c4cc(OC)ccc34)[S@+]([O-])CC(NC(=O)CNC1=O)C(=O)N[C@@H](CC(N)=O)C(=O)N1C[C@H](O)C[C@]1(C=O)N[C@@H]([C@@H](C)[C@@H](O)CO)C(=O)N2. The Bertz CT molecular complexity index is 2370. The number of amides is 8. The van der Waals surface area contributed by atoms with Crippen LogP contribution in [-0.2, 0) is 67.3 Å². The number of hydrogen-bond acceptors (Lipinski definition) is 16. The average Bonchev–Trinajstić information content (AvgIpc) is 3.87. The maximum atomic E-state index is 15.5. The van der Waals surface area contributed by atoms with Crippen molar-refractivity contribution in [3.63, 3.8) is 0 Å². The molecule has 2 aromatic rings. The minimum Gasteiger partial charge on any atom is -0.610 e. The lowest BCUT2D eigenvalue weighted by Crippen LogP contribution is -2.69.